The third kappa shape index (κ3) is 3.20. The molecule has 1 aromatic carbocycles. The second-order valence-electron chi connectivity index (χ2n) is 4.04. The Morgan fingerprint density at radius 2 is 1.94 bits per heavy atom. The fraction of sp³-hybridized carbons (Fsp3) is 0.462. The van der Waals surface area contributed by atoms with Gasteiger partial charge in [0.2, 0.25) is 0 Å². The first kappa shape index (κ1) is 11.9. The summed E-state index contributed by atoms with van der Waals surface area (Å²) in [5.41, 5.74) is 1.57. The summed E-state index contributed by atoms with van der Waals surface area (Å²) < 4.78 is 10.6. The highest BCUT2D eigenvalue weighted by Crippen LogP contribution is 2.15. The lowest BCUT2D eigenvalue weighted by Crippen LogP contribution is -2.26. The molecule has 1 heterocycles. The maximum Gasteiger partial charge on any atom is 0.338 e. The quantitative estimate of drug-likeness (QED) is 0.815. The van der Waals surface area contributed by atoms with E-state index < -0.39 is 0 Å². The van der Waals surface area contributed by atoms with Gasteiger partial charge in [-0.2, -0.15) is 0 Å². The van der Waals surface area contributed by atoms with Crippen LogP contribution < -0.4 is 5.32 Å². The number of carbonyl (C=O) groups excluding carboxylic acids is 1. The van der Waals surface area contributed by atoms with Crippen LogP contribution in [0.15, 0.2) is 24.3 Å². The van der Waals surface area contributed by atoms with Crippen LogP contribution >= 0.6 is 0 Å². The fourth-order valence-corrected chi connectivity index (χ4v) is 1.79. The number of esters is 1. The average Bonchev–Trinajstić information content (AvgIpc) is 2.40. The van der Waals surface area contributed by atoms with E-state index in [2.05, 4.69) is 5.32 Å². The van der Waals surface area contributed by atoms with Crippen molar-refractivity contribution in [3.05, 3.63) is 29.8 Å². The topological polar surface area (TPSA) is 47.6 Å². The molecule has 92 valence electrons. The lowest BCUT2D eigenvalue weighted by molar-refractivity contribution is -0.0159. The van der Waals surface area contributed by atoms with Crippen LogP contribution in [-0.2, 0) is 9.47 Å². The normalized spacial score (nSPS) is 16.5. The lowest BCUT2D eigenvalue weighted by atomic mass is 10.1. The lowest BCUT2D eigenvalue weighted by Gasteiger charge is -2.22. The molecule has 0 radical (unpaired) electrons. The molecule has 0 unspecified atom stereocenters. The van der Waals surface area contributed by atoms with Crippen molar-refractivity contribution < 1.29 is 14.3 Å². The summed E-state index contributed by atoms with van der Waals surface area (Å²) >= 11 is 0. The molecule has 1 fully saturated rings. The summed E-state index contributed by atoms with van der Waals surface area (Å²) in [6.07, 6.45) is 1.58. The Bertz CT molecular complexity index is 369. The first-order chi connectivity index (χ1) is 8.29. The van der Waals surface area contributed by atoms with Crippen molar-refractivity contribution in [1.29, 1.82) is 0 Å². The number of rotatable bonds is 3. The van der Waals surface area contributed by atoms with E-state index >= 15 is 0 Å². The van der Waals surface area contributed by atoms with Crippen molar-refractivity contribution in [3.8, 4) is 0 Å². The molecule has 2 rings (SSSR count). The number of anilines is 1. The van der Waals surface area contributed by atoms with Crippen LogP contribution in [0.4, 0.5) is 5.69 Å². The summed E-state index contributed by atoms with van der Waals surface area (Å²) in [4.78, 5) is 11.8. The second kappa shape index (κ2) is 5.68. The Kier molecular flexibility index (Phi) is 3.98. The Morgan fingerprint density at radius 1 is 1.29 bits per heavy atom. The monoisotopic (exact) mass is 235 g/mol. The molecule has 1 N–H and O–H groups in total. The molecule has 0 atom stereocenters. The Morgan fingerprint density at radius 3 is 2.53 bits per heavy atom. The fourth-order valence-electron chi connectivity index (χ4n) is 1.79. The summed E-state index contributed by atoms with van der Waals surface area (Å²) in [6.45, 7) is 1.35. The molecule has 1 saturated heterocycles. The maximum atomic E-state index is 11.8. The van der Waals surface area contributed by atoms with Crippen molar-refractivity contribution in [3.63, 3.8) is 0 Å². The SMILES string of the molecule is CNc1ccc(C(=O)OC2CCOCC2)cc1. The van der Waals surface area contributed by atoms with Crippen molar-refractivity contribution in [1.82, 2.24) is 0 Å². The van der Waals surface area contributed by atoms with E-state index in [4.69, 9.17) is 9.47 Å². The molecule has 0 bridgehead atoms. The van der Waals surface area contributed by atoms with Gasteiger partial charge in [0.05, 0.1) is 18.8 Å². The molecule has 1 aliphatic rings. The smallest absolute Gasteiger partial charge is 0.338 e. The first-order valence-corrected chi connectivity index (χ1v) is 5.86. The minimum atomic E-state index is -0.250. The number of hydrogen-bond acceptors (Lipinski definition) is 4. The van der Waals surface area contributed by atoms with Crippen LogP contribution in [0, 0.1) is 0 Å². The summed E-state index contributed by atoms with van der Waals surface area (Å²) in [5, 5.41) is 3.01. The van der Waals surface area contributed by atoms with Gasteiger partial charge in [-0.05, 0) is 24.3 Å². The Hall–Kier alpha value is -1.55. The van der Waals surface area contributed by atoms with Gasteiger partial charge in [-0.1, -0.05) is 0 Å². The molecule has 0 amide bonds. The zero-order chi connectivity index (χ0) is 12.1. The zero-order valence-electron chi connectivity index (χ0n) is 9.94. The third-order valence-electron chi connectivity index (χ3n) is 2.85. The van der Waals surface area contributed by atoms with Crippen molar-refractivity contribution in [2.24, 2.45) is 0 Å². The van der Waals surface area contributed by atoms with E-state index in [9.17, 15) is 4.79 Å². The molecule has 17 heavy (non-hydrogen) atoms. The minimum Gasteiger partial charge on any atom is -0.459 e. The van der Waals surface area contributed by atoms with Crippen molar-refractivity contribution >= 4 is 11.7 Å². The number of hydrogen-bond donors (Lipinski definition) is 1. The van der Waals surface area contributed by atoms with Crippen LogP contribution in [0.2, 0.25) is 0 Å². The van der Waals surface area contributed by atoms with Gasteiger partial charge in [-0.25, -0.2) is 4.79 Å². The number of benzene rings is 1. The van der Waals surface area contributed by atoms with Gasteiger partial charge < -0.3 is 14.8 Å². The van der Waals surface area contributed by atoms with Crippen LogP contribution in [0.25, 0.3) is 0 Å². The van der Waals surface area contributed by atoms with E-state index in [1.807, 2.05) is 19.2 Å². The van der Waals surface area contributed by atoms with E-state index in [0.717, 1.165) is 18.5 Å². The van der Waals surface area contributed by atoms with E-state index in [0.29, 0.717) is 18.8 Å². The molecule has 4 heteroatoms. The van der Waals surface area contributed by atoms with Gasteiger partial charge in [0, 0.05) is 25.6 Å². The Balaban J connectivity index is 1.93. The average molecular weight is 235 g/mol. The molecule has 0 aromatic heterocycles. The molecule has 1 aliphatic heterocycles. The van der Waals surface area contributed by atoms with Crippen LogP contribution in [-0.4, -0.2) is 32.3 Å². The predicted octanol–water partition coefficient (Wildman–Crippen LogP) is 2.06. The zero-order valence-corrected chi connectivity index (χ0v) is 9.94. The highest BCUT2D eigenvalue weighted by molar-refractivity contribution is 5.89. The first-order valence-electron chi connectivity index (χ1n) is 5.86. The summed E-state index contributed by atoms with van der Waals surface area (Å²) in [7, 11) is 1.84. The molecule has 4 nitrogen and oxygen atoms in total. The van der Waals surface area contributed by atoms with Crippen LogP contribution in [0.1, 0.15) is 23.2 Å². The van der Waals surface area contributed by atoms with Crippen LogP contribution in [0.5, 0.6) is 0 Å². The van der Waals surface area contributed by atoms with Crippen molar-refractivity contribution in [2.75, 3.05) is 25.6 Å². The van der Waals surface area contributed by atoms with Crippen molar-refractivity contribution in [2.45, 2.75) is 18.9 Å². The molecule has 0 saturated carbocycles. The standard InChI is InChI=1S/C13H17NO3/c1-14-11-4-2-10(3-5-11)13(15)17-12-6-8-16-9-7-12/h2-5,12,14H,6-9H2,1H3. The van der Waals surface area contributed by atoms with Gasteiger partial charge in [0.15, 0.2) is 0 Å². The third-order valence-corrected chi connectivity index (χ3v) is 2.85. The molecule has 1 aromatic rings. The predicted molar refractivity (Wildman–Crippen MR) is 65.2 cm³/mol. The summed E-state index contributed by atoms with van der Waals surface area (Å²) in [5.74, 6) is -0.250. The summed E-state index contributed by atoms with van der Waals surface area (Å²) in [6, 6.07) is 7.27. The van der Waals surface area contributed by atoms with Gasteiger partial charge >= 0.3 is 5.97 Å². The highest BCUT2D eigenvalue weighted by atomic mass is 16.6. The maximum absolute atomic E-state index is 11.8. The van der Waals surface area contributed by atoms with E-state index in [-0.39, 0.29) is 12.1 Å². The number of nitrogens with one attached hydrogen (secondary N) is 1. The molecular weight excluding hydrogens is 218 g/mol. The number of carbonyl (C=O) groups is 1. The van der Waals surface area contributed by atoms with Gasteiger partial charge in [0.25, 0.3) is 0 Å². The largest absolute Gasteiger partial charge is 0.459 e. The molecule has 0 spiro atoms. The number of ether oxygens (including phenoxy) is 2. The Labute approximate surface area is 101 Å². The molecule has 0 aliphatic carbocycles. The van der Waals surface area contributed by atoms with E-state index in [1.165, 1.54) is 0 Å². The van der Waals surface area contributed by atoms with E-state index in [1.54, 1.807) is 12.1 Å². The van der Waals surface area contributed by atoms with Gasteiger partial charge in [0.1, 0.15) is 6.10 Å². The van der Waals surface area contributed by atoms with Gasteiger partial charge in [-0.3, -0.25) is 0 Å². The van der Waals surface area contributed by atoms with Crippen LogP contribution in [0.3, 0.4) is 0 Å². The molecular formula is C13H17NO3. The highest BCUT2D eigenvalue weighted by Gasteiger charge is 2.18. The minimum absolute atomic E-state index is 0.000210. The van der Waals surface area contributed by atoms with Gasteiger partial charge in [-0.15, -0.1) is 0 Å². The second-order valence-corrected chi connectivity index (χ2v) is 4.04.